The van der Waals surface area contributed by atoms with Gasteiger partial charge in [0.1, 0.15) is 23.0 Å². The summed E-state index contributed by atoms with van der Waals surface area (Å²) in [7, 11) is 0. The van der Waals surface area contributed by atoms with Gasteiger partial charge in [0.25, 0.3) is 0 Å². The number of aryl methyl sites for hydroxylation is 2. The predicted octanol–water partition coefficient (Wildman–Crippen LogP) is 10.2. The van der Waals surface area contributed by atoms with Crippen molar-refractivity contribution >= 4 is 11.4 Å². The fourth-order valence-corrected chi connectivity index (χ4v) is 5.64. The molecule has 0 atom stereocenters. The number of rotatable bonds is 14. The topological polar surface area (TPSA) is 70.5 Å². The van der Waals surface area contributed by atoms with Crippen molar-refractivity contribution in [3.63, 3.8) is 0 Å². The maximum Gasteiger partial charge on any atom is 0.130 e. The van der Waals surface area contributed by atoms with E-state index in [1.54, 1.807) is 0 Å². The van der Waals surface area contributed by atoms with Crippen LogP contribution in [-0.4, -0.2) is 0 Å². The zero-order valence-electron chi connectivity index (χ0n) is 25.2. The average molecular weight is 551 g/mol. The molecule has 0 aliphatic heterocycles. The van der Waals surface area contributed by atoms with E-state index in [1.165, 1.54) is 22.3 Å². The molecule has 0 unspecified atom stereocenters. The summed E-state index contributed by atoms with van der Waals surface area (Å²) in [5, 5.41) is 0. The summed E-state index contributed by atoms with van der Waals surface area (Å²) in [4.78, 5) is 0. The average Bonchev–Trinajstić information content (AvgIpc) is 3.00. The first-order chi connectivity index (χ1) is 19.9. The van der Waals surface area contributed by atoms with Gasteiger partial charge in [0.15, 0.2) is 0 Å². The molecule has 0 amide bonds. The third-order valence-corrected chi connectivity index (χ3v) is 8.25. The van der Waals surface area contributed by atoms with E-state index in [9.17, 15) is 0 Å². The van der Waals surface area contributed by atoms with Crippen molar-refractivity contribution in [1.29, 1.82) is 0 Å². The Hall–Kier alpha value is -3.92. The fraction of sp³-hybridized carbons (Fsp3) is 0.351. The predicted molar refractivity (Wildman–Crippen MR) is 173 cm³/mol. The number of hydrogen-bond acceptors (Lipinski definition) is 4. The van der Waals surface area contributed by atoms with E-state index in [0.29, 0.717) is 0 Å². The van der Waals surface area contributed by atoms with Crippen LogP contribution in [0.3, 0.4) is 0 Å². The summed E-state index contributed by atoms with van der Waals surface area (Å²) < 4.78 is 12.7. The quantitative estimate of drug-likeness (QED) is 0.153. The van der Waals surface area contributed by atoms with Gasteiger partial charge in [-0.15, -0.1) is 0 Å². The summed E-state index contributed by atoms with van der Waals surface area (Å²) in [6, 6.07) is 28.9. The van der Waals surface area contributed by atoms with Gasteiger partial charge in [-0.1, -0.05) is 64.8 Å². The van der Waals surface area contributed by atoms with Crippen molar-refractivity contribution in [2.24, 2.45) is 0 Å². The molecule has 0 bridgehead atoms. The van der Waals surface area contributed by atoms with Gasteiger partial charge in [-0.25, -0.2) is 0 Å². The number of anilines is 2. The van der Waals surface area contributed by atoms with Gasteiger partial charge in [-0.2, -0.15) is 0 Å². The van der Waals surface area contributed by atoms with Crippen LogP contribution < -0.4 is 20.9 Å². The van der Waals surface area contributed by atoms with E-state index in [4.69, 9.17) is 20.9 Å². The minimum Gasteiger partial charge on any atom is -0.457 e. The van der Waals surface area contributed by atoms with E-state index in [0.717, 1.165) is 85.7 Å². The number of ether oxygens (including phenoxy) is 2. The van der Waals surface area contributed by atoms with Crippen LogP contribution >= 0.6 is 0 Å². The van der Waals surface area contributed by atoms with Gasteiger partial charge in [0.05, 0.1) is 0 Å². The minimum absolute atomic E-state index is 0.110. The lowest BCUT2D eigenvalue weighted by Crippen LogP contribution is -2.26. The van der Waals surface area contributed by atoms with Gasteiger partial charge in [0, 0.05) is 16.8 Å². The molecule has 0 heterocycles. The van der Waals surface area contributed by atoms with E-state index < -0.39 is 0 Å². The standard InChI is InChI=1S/C37H46N2O2/c1-5-9-11-27-25-29(13-23-35(27)40-33-19-15-31(38)16-20-33)37(7-3,8-4)30-14-24-36(28(26-30)12-10-6-2)41-34-21-17-32(39)18-22-34/h13-26H,5-12,38-39H2,1-4H3. The highest BCUT2D eigenvalue weighted by Gasteiger charge is 2.32. The molecule has 0 radical (unpaired) electrons. The molecule has 4 aromatic carbocycles. The molecule has 4 heteroatoms. The lowest BCUT2D eigenvalue weighted by molar-refractivity contribution is 0.459. The summed E-state index contributed by atoms with van der Waals surface area (Å²) in [5.41, 5.74) is 18.3. The van der Waals surface area contributed by atoms with Crippen LogP contribution in [0, 0.1) is 0 Å². The Morgan fingerprint density at radius 3 is 1.27 bits per heavy atom. The molecule has 4 nitrogen and oxygen atoms in total. The molecular weight excluding hydrogens is 504 g/mol. The van der Waals surface area contributed by atoms with Crippen LogP contribution in [0.15, 0.2) is 84.9 Å². The minimum atomic E-state index is -0.110. The highest BCUT2D eigenvalue weighted by atomic mass is 16.5. The molecule has 0 fully saturated rings. The first-order valence-electron chi connectivity index (χ1n) is 15.3. The van der Waals surface area contributed by atoms with Gasteiger partial charge < -0.3 is 20.9 Å². The molecule has 0 aromatic heterocycles. The monoisotopic (exact) mass is 550 g/mol. The number of unbranched alkanes of at least 4 members (excludes halogenated alkanes) is 2. The number of nitrogen functional groups attached to an aromatic ring is 2. The fourth-order valence-electron chi connectivity index (χ4n) is 5.64. The number of benzene rings is 4. The second-order valence-electron chi connectivity index (χ2n) is 11.0. The second-order valence-corrected chi connectivity index (χ2v) is 11.0. The van der Waals surface area contributed by atoms with Crippen LogP contribution in [0.2, 0.25) is 0 Å². The Kier molecular flexibility index (Phi) is 10.3. The number of nitrogens with two attached hydrogens (primary N) is 2. The number of hydrogen-bond donors (Lipinski definition) is 2. The van der Waals surface area contributed by atoms with Crippen LogP contribution in [0.1, 0.15) is 88.5 Å². The van der Waals surface area contributed by atoms with Crippen LogP contribution in [0.4, 0.5) is 11.4 Å². The normalized spacial score (nSPS) is 11.4. The first kappa shape index (κ1) is 30.0. The van der Waals surface area contributed by atoms with Crippen molar-refractivity contribution in [1.82, 2.24) is 0 Å². The molecule has 0 spiro atoms. The summed E-state index contributed by atoms with van der Waals surface area (Å²) in [5.74, 6) is 3.45. The zero-order chi connectivity index (χ0) is 29.2. The summed E-state index contributed by atoms with van der Waals surface area (Å²) in [6.45, 7) is 9.08. The molecular formula is C37H46N2O2. The Morgan fingerprint density at radius 2 is 0.927 bits per heavy atom. The third-order valence-electron chi connectivity index (χ3n) is 8.25. The largest absolute Gasteiger partial charge is 0.457 e. The van der Waals surface area contributed by atoms with E-state index in [1.807, 2.05) is 48.5 Å². The Morgan fingerprint density at radius 1 is 0.537 bits per heavy atom. The molecule has 0 aliphatic carbocycles. The zero-order valence-corrected chi connectivity index (χ0v) is 25.2. The lowest BCUT2D eigenvalue weighted by atomic mass is 9.69. The maximum absolute atomic E-state index is 6.37. The highest BCUT2D eigenvalue weighted by Crippen LogP contribution is 2.43. The molecule has 0 saturated heterocycles. The second kappa shape index (κ2) is 14.1. The molecule has 4 N–H and O–H groups in total. The summed E-state index contributed by atoms with van der Waals surface area (Å²) >= 11 is 0. The van der Waals surface area contributed by atoms with Gasteiger partial charge in [-0.3, -0.25) is 0 Å². The molecule has 4 aromatic rings. The van der Waals surface area contributed by atoms with Gasteiger partial charge in [-0.05, 0) is 121 Å². The third kappa shape index (κ3) is 7.24. The van der Waals surface area contributed by atoms with E-state index in [2.05, 4.69) is 64.1 Å². The van der Waals surface area contributed by atoms with Gasteiger partial charge in [0.2, 0.25) is 0 Å². The van der Waals surface area contributed by atoms with Crippen molar-refractivity contribution < 1.29 is 9.47 Å². The Labute approximate surface area is 246 Å². The van der Waals surface area contributed by atoms with Crippen LogP contribution in [0.5, 0.6) is 23.0 Å². The Bertz CT molecular complexity index is 1280. The molecule has 0 aliphatic rings. The van der Waals surface area contributed by atoms with Gasteiger partial charge >= 0.3 is 0 Å². The highest BCUT2D eigenvalue weighted by molar-refractivity contribution is 5.51. The van der Waals surface area contributed by atoms with E-state index in [-0.39, 0.29) is 5.41 Å². The molecule has 41 heavy (non-hydrogen) atoms. The molecule has 4 rings (SSSR count). The molecule has 0 saturated carbocycles. The van der Waals surface area contributed by atoms with E-state index >= 15 is 0 Å². The Balaban J connectivity index is 1.73. The van der Waals surface area contributed by atoms with Crippen molar-refractivity contribution in [3.05, 3.63) is 107 Å². The van der Waals surface area contributed by atoms with Crippen LogP contribution in [-0.2, 0) is 18.3 Å². The van der Waals surface area contributed by atoms with Crippen molar-refractivity contribution in [2.75, 3.05) is 11.5 Å². The first-order valence-corrected chi connectivity index (χ1v) is 15.3. The van der Waals surface area contributed by atoms with Crippen molar-refractivity contribution in [3.8, 4) is 23.0 Å². The maximum atomic E-state index is 6.37. The molecule has 216 valence electrons. The lowest BCUT2D eigenvalue weighted by Gasteiger charge is -2.34. The van der Waals surface area contributed by atoms with Crippen LogP contribution in [0.25, 0.3) is 0 Å². The van der Waals surface area contributed by atoms with Crippen molar-refractivity contribution in [2.45, 2.75) is 84.5 Å². The summed E-state index contributed by atoms with van der Waals surface area (Å²) in [6.07, 6.45) is 8.46. The SMILES string of the molecule is CCCCc1cc(C(CC)(CC)c2ccc(Oc3ccc(N)cc3)c(CCCC)c2)ccc1Oc1ccc(N)cc1. The smallest absolute Gasteiger partial charge is 0.130 e.